The highest BCUT2D eigenvalue weighted by Crippen LogP contribution is 2.24. The second-order valence-electron chi connectivity index (χ2n) is 8.01. The van der Waals surface area contributed by atoms with Gasteiger partial charge in [-0.2, -0.15) is 0 Å². The van der Waals surface area contributed by atoms with Crippen molar-refractivity contribution >= 4 is 27.5 Å². The fourth-order valence-corrected chi connectivity index (χ4v) is 5.04. The Morgan fingerprint density at radius 1 is 1.19 bits per heavy atom. The van der Waals surface area contributed by atoms with Gasteiger partial charge in [-0.15, -0.1) is 0 Å². The minimum Gasteiger partial charge on any atom is -0.352 e. The molecule has 0 spiro atoms. The summed E-state index contributed by atoms with van der Waals surface area (Å²) in [5.41, 5.74) is -0.360. The van der Waals surface area contributed by atoms with Crippen LogP contribution in [-0.2, 0) is 10.0 Å². The first-order valence-electron chi connectivity index (χ1n) is 9.42. The number of piperidine rings is 1. The molecule has 1 heterocycles. The summed E-state index contributed by atoms with van der Waals surface area (Å²) in [7, 11) is -3.81. The average molecular weight is 416 g/mol. The standard InChI is InChI=1S/C19H30ClN3O3S/c1-19(2,3)22-27(25,26)17-14-15(8-9-16(17)20)18(24)21-10-7-13-23-11-5-4-6-12-23/h8-9,14,22H,4-7,10-13H2,1-3H3,(H,21,24). The van der Waals surface area contributed by atoms with Crippen molar-refractivity contribution in [2.24, 2.45) is 0 Å². The molecule has 27 heavy (non-hydrogen) atoms. The Bertz CT molecular complexity index is 754. The van der Waals surface area contributed by atoms with E-state index in [4.69, 9.17) is 11.6 Å². The topological polar surface area (TPSA) is 78.5 Å². The van der Waals surface area contributed by atoms with E-state index in [1.165, 1.54) is 31.4 Å². The number of halogens is 1. The normalized spacial score (nSPS) is 16.3. The van der Waals surface area contributed by atoms with Crippen molar-refractivity contribution in [1.29, 1.82) is 0 Å². The minimum absolute atomic E-state index is 0.0833. The van der Waals surface area contributed by atoms with Crippen molar-refractivity contribution < 1.29 is 13.2 Å². The molecule has 1 saturated heterocycles. The van der Waals surface area contributed by atoms with Gasteiger partial charge in [-0.05, 0) is 77.9 Å². The van der Waals surface area contributed by atoms with Crippen LogP contribution in [0.3, 0.4) is 0 Å². The number of hydrogen-bond acceptors (Lipinski definition) is 4. The van der Waals surface area contributed by atoms with Crippen LogP contribution >= 0.6 is 11.6 Å². The maximum absolute atomic E-state index is 12.5. The molecule has 0 aromatic heterocycles. The molecule has 1 amide bonds. The Hall–Kier alpha value is -1.15. The minimum atomic E-state index is -3.81. The van der Waals surface area contributed by atoms with E-state index >= 15 is 0 Å². The van der Waals surface area contributed by atoms with Crippen molar-refractivity contribution in [1.82, 2.24) is 14.9 Å². The van der Waals surface area contributed by atoms with Gasteiger partial charge >= 0.3 is 0 Å². The number of nitrogens with zero attached hydrogens (tertiary/aromatic N) is 1. The number of carbonyl (C=O) groups excluding carboxylic acids is 1. The first kappa shape index (κ1) is 22.1. The van der Waals surface area contributed by atoms with Crippen LogP contribution in [-0.4, -0.2) is 50.9 Å². The molecular weight excluding hydrogens is 386 g/mol. The molecule has 1 aromatic carbocycles. The number of carbonyl (C=O) groups is 1. The van der Waals surface area contributed by atoms with E-state index in [1.54, 1.807) is 26.8 Å². The van der Waals surface area contributed by atoms with Crippen molar-refractivity contribution in [3.05, 3.63) is 28.8 Å². The summed E-state index contributed by atoms with van der Waals surface area (Å²) < 4.78 is 27.7. The largest absolute Gasteiger partial charge is 0.352 e. The molecule has 6 nitrogen and oxygen atoms in total. The number of likely N-dealkylation sites (tertiary alicyclic amines) is 1. The molecule has 0 bridgehead atoms. The summed E-state index contributed by atoms with van der Waals surface area (Å²) in [6.07, 6.45) is 4.67. The highest BCUT2D eigenvalue weighted by atomic mass is 35.5. The summed E-state index contributed by atoms with van der Waals surface area (Å²) in [5, 5.41) is 2.95. The number of amides is 1. The van der Waals surface area contributed by atoms with E-state index in [-0.39, 0.29) is 21.4 Å². The summed E-state index contributed by atoms with van der Waals surface area (Å²) in [5.74, 6) is -0.294. The van der Waals surface area contributed by atoms with Crippen LogP contribution in [0.4, 0.5) is 0 Å². The number of hydrogen-bond donors (Lipinski definition) is 2. The van der Waals surface area contributed by atoms with E-state index < -0.39 is 15.6 Å². The predicted molar refractivity (Wildman–Crippen MR) is 109 cm³/mol. The molecular formula is C19H30ClN3O3S. The lowest BCUT2D eigenvalue weighted by Crippen LogP contribution is -2.40. The molecule has 0 saturated carbocycles. The van der Waals surface area contributed by atoms with Gasteiger partial charge in [-0.25, -0.2) is 13.1 Å². The lowest BCUT2D eigenvalue weighted by molar-refractivity contribution is 0.0951. The Balaban J connectivity index is 1.96. The van der Waals surface area contributed by atoms with Gasteiger partial charge in [0.2, 0.25) is 10.0 Å². The van der Waals surface area contributed by atoms with Gasteiger partial charge in [0.05, 0.1) is 5.02 Å². The summed E-state index contributed by atoms with van der Waals surface area (Å²) >= 11 is 6.07. The quantitative estimate of drug-likeness (QED) is 0.671. The molecule has 152 valence electrons. The molecule has 0 atom stereocenters. The Morgan fingerprint density at radius 2 is 1.85 bits per heavy atom. The third kappa shape index (κ3) is 7.07. The third-order valence-corrected chi connectivity index (χ3v) is 6.55. The van der Waals surface area contributed by atoms with Crippen LogP contribution in [0.5, 0.6) is 0 Å². The SMILES string of the molecule is CC(C)(C)NS(=O)(=O)c1cc(C(=O)NCCCN2CCCCC2)ccc1Cl. The van der Waals surface area contributed by atoms with Gasteiger partial charge in [0.1, 0.15) is 4.90 Å². The highest BCUT2D eigenvalue weighted by molar-refractivity contribution is 7.89. The Kier molecular flexibility index (Phi) is 7.68. The molecule has 0 unspecified atom stereocenters. The zero-order valence-corrected chi connectivity index (χ0v) is 17.9. The monoisotopic (exact) mass is 415 g/mol. The fraction of sp³-hybridized carbons (Fsp3) is 0.632. The van der Waals surface area contributed by atoms with E-state index in [2.05, 4.69) is 14.9 Å². The average Bonchev–Trinajstić information content (AvgIpc) is 2.57. The Morgan fingerprint density at radius 3 is 2.48 bits per heavy atom. The van der Waals surface area contributed by atoms with Crippen molar-refractivity contribution in [2.75, 3.05) is 26.2 Å². The van der Waals surface area contributed by atoms with Crippen LogP contribution in [0.1, 0.15) is 56.8 Å². The first-order chi connectivity index (χ1) is 12.6. The molecule has 0 radical (unpaired) electrons. The van der Waals surface area contributed by atoms with Gasteiger partial charge in [-0.1, -0.05) is 18.0 Å². The summed E-state index contributed by atoms with van der Waals surface area (Å²) in [6.45, 7) is 9.03. The van der Waals surface area contributed by atoms with E-state index in [0.29, 0.717) is 6.54 Å². The molecule has 2 N–H and O–H groups in total. The molecule has 1 fully saturated rings. The van der Waals surface area contributed by atoms with Gasteiger partial charge in [0.25, 0.3) is 5.91 Å². The predicted octanol–water partition coefficient (Wildman–Crippen LogP) is 3.02. The van der Waals surface area contributed by atoms with Gasteiger partial charge < -0.3 is 10.2 Å². The maximum Gasteiger partial charge on any atom is 0.251 e. The summed E-state index contributed by atoms with van der Waals surface area (Å²) in [6, 6.07) is 4.32. The van der Waals surface area contributed by atoms with Gasteiger partial charge in [0, 0.05) is 17.6 Å². The number of nitrogens with one attached hydrogen (secondary N) is 2. The van der Waals surface area contributed by atoms with Gasteiger partial charge in [0.15, 0.2) is 0 Å². The van der Waals surface area contributed by atoms with E-state index in [9.17, 15) is 13.2 Å². The van der Waals surface area contributed by atoms with Crippen LogP contribution in [0, 0.1) is 0 Å². The molecule has 1 aliphatic heterocycles. The van der Waals surface area contributed by atoms with Crippen LogP contribution in [0.25, 0.3) is 0 Å². The lowest BCUT2D eigenvalue weighted by Gasteiger charge is -2.26. The zero-order valence-electron chi connectivity index (χ0n) is 16.3. The maximum atomic E-state index is 12.5. The van der Waals surface area contributed by atoms with Crippen LogP contribution < -0.4 is 10.0 Å². The molecule has 1 aromatic rings. The second kappa shape index (κ2) is 9.37. The molecule has 1 aliphatic rings. The number of sulfonamides is 1. The van der Waals surface area contributed by atoms with Gasteiger partial charge in [-0.3, -0.25) is 4.79 Å². The Labute approximate surface area is 167 Å². The first-order valence-corrected chi connectivity index (χ1v) is 11.3. The van der Waals surface area contributed by atoms with Crippen LogP contribution in [0.2, 0.25) is 5.02 Å². The molecule has 0 aliphatic carbocycles. The number of rotatable bonds is 7. The summed E-state index contributed by atoms with van der Waals surface area (Å²) in [4.78, 5) is 14.7. The highest BCUT2D eigenvalue weighted by Gasteiger charge is 2.25. The van der Waals surface area contributed by atoms with Crippen LogP contribution in [0.15, 0.2) is 23.1 Å². The third-order valence-electron chi connectivity index (χ3n) is 4.31. The zero-order chi connectivity index (χ0) is 20.1. The second-order valence-corrected chi connectivity index (χ2v) is 10.1. The molecule has 2 rings (SSSR count). The van der Waals surface area contributed by atoms with E-state index in [1.807, 2.05) is 0 Å². The lowest BCUT2D eigenvalue weighted by atomic mass is 10.1. The van der Waals surface area contributed by atoms with E-state index in [0.717, 1.165) is 26.1 Å². The smallest absolute Gasteiger partial charge is 0.251 e. The number of benzene rings is 1. The fourth-order valence-electron chi connectivity index (χ4n) is 3.10. The van der Waals surface area contributed by atoms with Crippen molar-refractivity contribution in [3.63, 3.8) is 0 Å². The van der Waals surface area contributed by atoms with Crippen molar-refractivity contribution in [2.45, 2.75) is 56.9 Å². The van der Waals surface area contributed by atoms with Crippen molar-refractivity contribution in [3.8, 4) is 0 Å². The molecule has 8 heteroatoms.